The minimum Gasteiger partial charge on any atom is -0.452 e. The zero-order valence-electron chi connectivity index (χ0n) is 11.7. The van der Waals surface area contributed by atoms with Gasteiger partial charge in [-0.15, -0.1) is 0 Å². The molecular weight excluding hydrogens is 290 g/mol. The van der Waals surface area contributed by atoms with E-state index in [9.17, 15) is 19.2 Å². The van der Waals surface area contributed by atoms with Crippen LogP contribution in [0.3, 0.4) is 0 Å². The van der Waals surface area contributed by atoms with E-state index < -0.39 is 24.5 Å². The number of anilines is 1. The Morgan fingerprint density at radius 1 is 1.27 bits per heavy atom. The van der Waals surface area contributed by atoms with Gasteiger partial charge < -0.3 is 15.4 Å². The van der Waals surface area contributed by atoms with E-state index in [-0.39, 0.29) is 11.5 Å². The van der Waals surface area contributed by atoms with Crippen LogP contribution in [0.1, 0.15) is 23.2 Å². The highest BCUT2D eigenvalue weighted by Crippen LogP contribution is 2.25. The Balaban J connectivity index is 2.08. The molecule has 1 aliphatic rings. The summed E-state index contributed by atoms with van der Waals surface area (Å²) in [6.45, 7) is -0.102. The fourth-order valence-electron chi connectivity index (χ4n) is 2.17. The minimum absolute atomic E-state index is 0.0632. The highest BCUT2D eigenvalue weighted by molar-refractivity contribution is 6.04. The zero-order chi connectivity index (χ0) is 16.1. The van der Waals surface area contributed by atoms with Gasteiger partial charge in [0.25, 0.3) is 5.91 Å². The van der Waals surface area contributed by atoms with E-state index in [0.29, 0.717) is 18.7 Å². The smallest absolute Gasteiger partial charge is 0.340 e. The standard InChI is InChI=1S/C14H15N3O5/c15-14(21)16-11(18)8-22-13(20)9-4-1-2-5-10(9)17-7-3-6-12(17)19/h1-2,4-5H,3,6-8H2,(H3,15,16,18,21). The summed E-state index contributed by atoms with van der Waals surface area (Å²) >= 11 is 0. The highest BCUT2D eigenvalue weighted by atomic mass is 16.5. The number of rotatable bonds is 4. The summed E-state index contributed by atoms with van der Waals surface area (Å²) < 4.78 is 4.83. The summed E-state index contributed by atoms with van der Waals surface area (Å²) in [6.07, 6.45) is 1.16. The molecule has 1 aromatic carbocycles. The predicted octanol–water partition coefficient (Wildman–Crippen LogP) is 0.165. The molecule has 8 nitrogen and oxygen atoms in total. The third-order valence-electron chi connectivity index (χ3n) is 3.09. The Hall–Kier alpha value is -2.90. The highest BCUT2D eigenvalue weighted by Gasteiger charge is 2.26. The number of nitrogens with one attached hydrogen (secondary N) is 1. The average molecular weight is 305 g/mol. The molecule has 2 rings (SSSR count). The van der Waals surface area contributed by atoms with E-state index in [0.717, 1.165) is 6.42 Å². The molecule has 0 saturated carbocycles. The van der Waals surface area contributed by atoms with Crippen molar-refractivity contribution in [3.05, 3.63) is 29.8 Å². The number of urea groups is 1. The van der Waals surface area contributed by atoms with Gasteiger partial charge in [0.15, 0.2) is 6.61 Å². The summed E-state index contributed by atoms with van der Waals surface area (Å²) in [5, 5.41) is 1.78. The molecule has 4 amide bonds. The first-order chi connectivity index (χ1) is 10.5. The number of para-hydroxylation sites is 1. The van der Waals surface area contributed by atoms with Crippen LogP contribution >= 0.6 is 0 Å². The second kappa shape index (κ2) is 6.70. The number of nitrogens with zero attached hydrogens (tertiary/aromatic N) is 1. The Morgan fingerprint density at radius 3 is 2.64 bits per heavy atom. The Morgan fingerprint density at radius 2 is 2.00 bits per heavy atom. The van der Waals surface area contributed by atoms with Crippen molar-refractivity contribution < 1.29 is 23.9 Å². The molecule has 1 saturated heterocycles. The van der Waals surface area contributed by atoms with Crippen LogP contribution in [0.5, 0.6) is 0 Å². The molecule has 0 spiro atoms. The molecule has 1 aliphatic heterocycles. The second-order valence-electron chi connectivity index (χ2n) is 4.65. The number of primary amides is 1. The lowest BCUT2D eigenvalue weighted by atomic mass is 10.1. The number of nitrogens with two attached hydrogens (primary N) is 1. The molecule has 8 heteroatoms. The number of ether oxygens (including phenoxy) is 1. The molecule has 0 atom stereocenters. The number of carbonyl (C=O) groups is 4. The first-order valence-corrected chi connectivity index (χ1v) is 6.65. The maximum absolute atomic E-state index is 12.1. The van der Waals surface area contributed by atoms with Gasteiger partial charge in [0, 0.05) is 13.0 Å². The Kier molecular flexibility index (Phi) is 4.72. The van der Waals surface area contributed by atoms with E-state index in [1.165, 1.54) is 11.0 Å². The summed E-state index contributed by atoms with van der Waals surface area (Å²) in [4.78, 5) is 47.1. The van der Waals surface area contributed by atoms with Crippen LogP contribution < -0.4 is 16.0 Å². The normalized spacial score (nSPS) is 13.8. The third kappa shape index (κ3) is 3.60. The SMILES string of the molecule is NC(=O)NC(=O)COC(=O)c1ccccc1N1CCCC1=O. The molecule has 1 heterocycles. The van der Waals surface area contributed by atoms with Gasteiger partial charge in [-0.05, 0) is 18.6 Å². The first-order valence-electron chi connectivity index (χ1n) is 6.65. The quantitative estimate of drug-likeness (QED) is 0.768. The van der Waals surface area contributed by atoms with Crippen molar-refractivity contribution in [2.75, 3.05) is 18.1 Å². The number of hydrogen-bond donors (Lipinski definition) is 2. The largest absolute Gasteiger partial charge is 0.452 e. The molecule has 22 heavy (non-hydrogen) atoms. The maximum atomic E-state index is 12.1. The van der Waals surface area contributed by atoms with Crippen LogP contribution in [0.2, 0.25) is 0 Å². The van der Waals surface area contributed by atoms with Crippen molar-refractivity contribution in [1.82, 2.24) is 5.32 Å². The number of benzene rings is 1. The molecular formula is C14H15N3O5. The number of amides is 4. The van der Waals surface area contributed by atoms with Gasteiger partial charge in [0.2, 0.25) is 5.91 Å². The second-order valence-corrected chi connectivity index (χ2v) is 4.65. The Bertz CT molecular complexity index is 629. The molecule has 0 aliphatic carbocycles. The van der Waals surface area contributed by atoms with Gasteiger partial charge in [0.1, 0.15) is 0 Å². The van der Waals surface area contributed by atoms with Gasteiger partial charge in [-0.1, -0.05) is 12.1 Å². The van der Waals surface area contributed by atoms with Crippen LogP contribution in [-0.4, -0.2) is 37.0 Å². The number of esters is 1. The lowest BCUT2D eigenvalue weighted by Crippen LogP contribution is -2.37. The van der Waals surface area contributed by atoms with E-state index in [1.807, 2.05) is 0 Å². The molecule has 116 valence electrons. The van der Waals surface area contributed by atoms with Crippen LogP contribution in [-0.2, 0) is 14.3 Å². The van der Waals surface area contributed by atoms with Crippen LogP contribution in [0.25, 0.3) is 0 Å². The van der Waals surface area contributed by atoms with Crippen molar-refractivity contribution in [2.24, 2.45) is 5.73 Å². The Labute approximate surface area is 126 Å². The predicted molar refractivity (Wildman–Crippen MR) is 76.0 cm³/mol. The molecule has 3 N–H and O–H groups in total. The van der Waals surface area contributed by atoms with E-state index >= 15 is 0 Å². The summed E-state index contributed by atoms with van der Waals surface area (Å²) in [7, 11) is 0. The topological polar surface area (TPSA) is 119 Å². The monoisotopic (exact) mass is 305 g/mol. The van der Waals surface area contributed by atoms with Gasteiger partial charge >= 0.3 is 12.0 Å². The average Bonchev–Trinajstić information content (AvgIpc) is 2.90. The maximum Gasteiger partial charge on any atom is 0.340 e. The van der Waals surface area contributed by atoms with E-state index in [2.05, 4.69) is 0 Å². The van der Waals surface area contributed by atoms with Gasteiger partial charge in [-0.25, -0.2) is 9.59 Å². The van der Waals surface area contributed by atoms with Crippen molar-refractivity contribution in [2.45, 2.75) is 12.8 Å². The molecule has 0 radical (unpaired) electrons. The van der Waals surface area contributed by atoms with Crippen molar-refractivity contribution in [3.8, 4) is 0 Å². The fraction of sp³-hybridized carbons (Fsp3) is 0.286. The minimum atomic E-state index is -1.02. The van der Waals surface area contributed by atoms with Gasteiger partial charge in [-0.3, -0.25) is 14.9 Å². The number of carbonyl (C=O) groups excluding carboxylic acids is 4. The summed E-state index contributed by atoms with van der Waals surface area (Å²) in [5.41, 5.74) is 5.41. The van der Waals surface area contributed by atoms with Crippen LogP contribution in [0.15, 0.2) is 24.3 Å². The van der Waals surface area contributed by atoms with Gasteiger partial charge in [0.05, 0.1) is 11.3 Å². The van der Waals surface area contributed by atoms with Crippen LogP contribution in [0, 0.1) is 0 Å². The fourth-order valence-corrected chi connectivity index (χ4v) is 2.17. The summed E-state index contributed by atoms with van der Waals surface area (Å²) in [6, 6.07) is 5.46. The van der Waals surface area contributed by atoms with Crippen molar-refractivity contribution in [1.29, 1.82) is 0 Å². The van der Waals surface area contributed by atoms with Gasteiger partial charge in [-0.2, -0.15) is 0 Å². The van der Waals surface area contributed by atoms with Crippen molar-refractivity contribution >= 4 is 29.5 Å². The number of imide groups is 1. The molecule has 1 fully saturated rings. The van der Waals surface area contributed by atoms with Crippen molar-refractivity contribution in [3.63, 3.8) is 0 Å². The van der Waals surface area contributed by atoms with E-state index in [1.54, 1.807) is 23.5 Å². The third-order valence-corrected chi connectivity index (χ3v) is 3.09. The van der Waals surface area contributed by atoms with Crippen LogP contribution in [0.4, 0.5) is 10.5 Å². The zero-order valence-corrected chi connectivity index (χ0v) is 11.7. The molecule has 0 aromatic heterocycles. The first kappa shape index (κ1) is 15.5. The number of hydrogen-bond acceptors (Lipinski definition) is 5. The molecule has 1 aromatic rings. The summed E-state index contributed by atoms with van der Waals surface area (Å²) in [5.74, 6) is -1.64. The lowest BCUT2D eigenvalue weighted by molar-refractivity contribution is -0.123. The molecule has 0 unspecified atom stereocenters. The molecule has 0 bridgehead atoms. The van der Waals surface area contributed by atoms with E-state index in [4.69, 9.17) is 10.5 Å². The lowest BCUT2D eigenvalue weighted by Gasteiger charge is -2.18.